The maximum absolute atomic E-state index is 12.5. The number of nitrogens with zero attached hydrogens (tertiary/aromatic N) is 1. The number of H-pyrrole nitrogens is 1. The van der Waals surface area contributed by atoms with Gasteiger partial charge in [-0.1, -0.05) is 44.4 Å². The molecule has 1 N–H and O–H groups in total. The van der Waals surface area contributed by atoms with Crippen LogP contribution in [0.3, 0.4) is 0 Å². The minimum absolute atomic E-state index is 0.0638. The number of hydrogen-bond donors (Lipinski definition) is 1. The summed E-state index contributed by atoms with van der Waals surface area (Å²) in [6, 6.07) is 8.46. The van der Waals surface area contributed by atoms with Crippen LogP contribution < -0.4 is 0 Å². The summed E-state index contributed by atoms with van der Waals surface area (Å²) in [7, 11) is 0. The van der Waals surface area contributed by atoms with E-state index in [1.165, 1.54) is 29.5 Å². The molecule has 3 heterocycles. The molecule has 4 heteroatoms. The Kier molecular flexibility index (Phi) is 3.87. The number of amides is 1. The molecule has 0 bridgehead atoms. The van der Waals surface area contributed by atoms with Gasteiger partial charge in [-0.2, -0.15) is 0 Å². The van der Waals surface area contributed by atoms with E-state index in [2.05, 4.69) is 48.0 Å². The zero-order valence-corrected chi connectivity index (χ0v) is 14.6. The first-order valence-electron chi connectivity index (χ1n) is 9.18. The first kappa shape index (κ1) is 15.7. The Morgan fingerprint density at radius 3 is 3.00 bits per heavy atom. The van der Waals surface area contributed by atoms with Gasteiger partial charge in [-0.05, 0) is 31.4 Å². The second-order valence-electron chi connectivity index (χ2n) is 7.26. The van der Waals surface area contributed by atoms with Crippen LogP contribution in [-0.2, 0) is 21.5 Å². The number of aromatic nitrogens is 1. The molecular formula is C20H26N2O2. The smallest absolute Gasteiger partial charge is 0.249 e. The highest BCUT2D eigenvalue weighted by molar-refractivity contribution is 5.87. The lowest BCUT2D eigenvalue weighted by Gasteiger charge is -2.52. The van der Waals surface area contributed by atoms with Crippen LogP contribution >= 0.6 is 0 Å². The molecule has 2 atom stereocenters. The van der Waals surface area contributed by atoms with E-state index in [4.69, 9.17) is 4.74 Å². The van der Waals surface area contributed by atoms with Crippen molar-refractivity contribution in [3.05, 3.63) is 35.5 Å². The second kappa shape index (κ2) is 5.92. The summed E-state index contributed by atoms with van der Waals surface area (Å²) in [6.45, 7) is 5.42. The highest BCUT2D eigenvalue weighted by Crippen LogP contribution is 2.44. The molecule has 1 amide bonds. The molecule has 1 aromatic heterocycles. The zero-order valence-electron chi connectivity index (χ0n) is 14.6. The summed E-state index contributed by atoms with van der Waals surface area (Å²) in [6.07, 6.45) is 5.54. The van der Waals surface area contributed by atoms with Gasteiger partial charge in [0, 0.05) is 23.1 Å². The quantitative estimate of drug-likeness (QED) is 0.870. The largest absolute Gasteiger partial charge is 0.366 e. The molecule has 0 radical (unpaired) electrons. The number of morpholine rings is 1. The molecule has 4 rings (SSSR count). The summed E-state index contributed by atoms with van der Waals surface area (Å²) < 4.78 is 6.05. The lowest BCUT2D eigenvalue weighted by Crippen LogP contribution is -2.63. The third-order valence-corrected chi connectivity index (χ3v) is 5.87. The van der Waals surface area contributed by atoms with Crippen LogP contribution in [0.15, 0.2) is 24.3 Å². The highest BCUT2D eigenvalue weighted by Gasteiger charge is 2.51. The van der Waals surface area contributed by atoms with Gasteiger partial charge in [-0.25, -0.2) is 0 Å². The van der Waals surface area contributed by atoms with E-state index >= 15 is 0 Å². The highest BCUT2D eigenvalue weighted by atomic mass is 16.5. The van der Waals surface area contributed by atoms with Gasteiger partial charge >= 0.3 is 0 Å². The maximum atomic E-state index is 12.5. The molecule has 128 valence electrons. The summed E-state index contributed by atoms with van der Waals surface area (Å²) in [5, 5.41) is 1.29. The van der Waals surface area contributed by atoms with E-state index in [1.54, 1.807) is 0 Å². The molecule has 0 spiro atoms. The lowest BCUT2D eigenvalue weighted by atomic mass is 9.79. The van der Waals surface area contributed by atoms with Crippen molar-refractivity contribution in [2.45, 2.75) is 57.6 Å². The van der Waals surface area contributed by atoms with Crippen molar-refractivity contribution >= 4 is 16.8 Å². The van der Waals surface area contributed by atoms with Crippen molar-refractivity contribution in [3.8, 4) is 0 Å². The van der Waals surface area contributed by atoms with Crippen LogP contribution in [0.2, 0.25) is 0 Å². The van der Waals surface area contributed by atoms with Gasteiger partial charge in [-0.15, -0.1) is 0 Å². The van der Waals surface area contributed by atoms with E-state index in [0.29, 0.717) is 0 Å². The van der Waals surface area contributed by atoms with Gasteiger partial charge in [0.1, 0.15) is 12.1 Å². The molecular weight excluding hydrogens is 300 g/mol. The third-order valence-electron chi connectivity index (χ3n) is 5.87. The summed E-state index contributed by atoms with van der Waals surface area (Å²) in [5.74, 6) is 0.119. The van der Waals surface area contributed by atoms with Crippen molar-refractivity contribution < 1.29 is 9.53 Å². The Morgan fingerprint density at radius 1 is 1.33 bits per heavy atom. The molecule has 2 unspecified atom stereocenters. The number of benzene rings is 1. The van der Waals surface area contributed by atoms with Gasteiger partial charge < -0.3 is 14.6 Å². The zero-order chi connectivity index (χ0) is 16.7. The third kappa shape index (κ3) is 2.20. The maximum Gasteiger partial charge on any atom is 0.249 e. The first-order chi connectivity index (χ1) is 11.7. The van der Waals surface area contributed by atoms with Gasteiger partial charge in [0.25, 0.3) is 0 Å². The van der Waals surface area contributed by atoms with E-state index in [9.17, 15) is 4.79 Å². The standard InChI is InChI=1S/C20H26N2O2/c1-3-4-5-10-17-20(2)19-15(11-12-22(20)18(23)13-24-17)14-8-6-7-9-16(14)21-19/h6-9,17,21H,3-5,10-13H2,1-2H3. The molecule has 2 aromatic rings. The average molecular weight is 326 g/mol. The fourth-order valence-electron chi connectivity index (χ4n) is 4.56. The number of aromatic amines is 1. The molecule has 1 aromatic carbocycles. The number of ether oxygens (including phenoxy) is 1. The second-order valence-corrected chi connectivity index (χ2v) is 7.26. The van der Waals surface area contributed by atoms with Crippen molar-refractivity contribution in [2.24, 2.45) is 0 Å². The Hall–Kier alpha value is -1.81. The molecule has 24 heavy (non-hydrogen) atoms. The fourth-order valence-corrected chi connectivity index (χ4v) is 4.56. The van der Waals surface area contributed by atoms with Crippen molar-refractivity contribution in [1.82, 2.24) is 9.88 Å². The van der Waals surface area contributed by atoms with Gasteiger partial charge in [0.05, 0.1) is 6.10 Å². The van der Waals surface area contributed by atoms with Crippen LogP contribution in [0.4, 0.5) is 0 Å². The molecule has 4 nitrogen and oxygen atoms in total. The fraction of sp³-hybridized carbons (Fsp3) is 0.550. The number of nitrogens with one attached hydrogen (secondary N) is 1. The summed E-state index contributed by atoms with van der Waals surface area (Å²) >= 11 is 0. The molecule has 2 aliphatic rings. The Morgan fingerprint density at radius 2 is 2.17 bits per heavy atom. The normalized spacial score (nSPS) is 26.5. The van der Waals surface area contributed by atoms with E-state index in [0.717, 1.165) is 31.3 Å². The number of unbranched alkanes of at least 4 members (excludes halogenated alkanes) is 2. The molecule has 0 aliphatic carbocycles. The number of rotatable bonds is 4. The SMILES string of the molecule is CCCCCC1OCC(=O)N2CCc3c([nH]c4ccccc34)C12C. The minimum Gasteiger partial charge on any atom is -0.366 e. The number of para-hydroxylation sites is 1. The van der Waals surface area contributed by atoms with Crippen molar-refractivity contribution in [3.63, 3.8) is 0 Å². The average Bonchev–Trinajstić information content (AvgIpc) is 2.97. The first-order valence-corrected chi connectivity index (χ1v) is 9.18. The van der Waals surface area contributed by atoms with Crippen LogP contribution in [0.1, 0.15) is 50.8 Å². The predicted molar refractivity (Wildman–Crippen MR) is 94.9 cm³/mol. The van der Waals surface area contributed by atoms with Gasteiger partial charge in [0.15, 0.2) is 0 Å². The van der Waals surface area contributed by atoms with Crippen LogP contribution in [0, 0.1) is 0 Å². The Bertz CT molecular complexity index is 766. The van der Waals surface area contributed by atoms with E-state index in [1.807, 2.05) is 0 Å². The minimum atomic E-state index is -0.379. The summed E-state index contributed by atoms with van der Waals surface area (Å²) in [5.41, 5.74) is 3.33. The van der Waals surface area contributed by atoms with Crippen molar-refractivity contribution in [1.29, 1.82) is 0 Å². The van der Waals surface area contributed by atoms with E-state index in [-0.39, 0.29) is 24.2 Å². The number of hydrogen-bond acceptors (Lipinski definition) is 2. The monoisotopic (exact) mass is 326 g/mol. The van der Waals surface area contributed by atoms with Gasteiger partial charge in [0.2, 0.25) is 5.91 Å². The molecule has 1 saturated heterocycles. The number of fused-ring (bicyclic) bond motifs is 5. The van der Waals surface area contributed by atoms with Crippen molar-refractivity contribution in [2.75, 3.05) is 13.2 Å². The van der Waals surface area contributed by atoms with Crippen LogP contribution in [0.25, 0.3) is 10.9 Å². The Labute approximate surface area is 143 Å². The number of carbonyl (C=O) groups is 1. The molecule has 1 fully saturated rings. The van der Waals surface area contributed by atoms with E-state index < -0.39 is 0 Å². The number of carbonyl (C=O) groups excluding carboxylic acids is 1. The summed E-state index contributed by atoms with van der Waals surface area (Å²) in [4.78, 5) is 18.2. The lowest BCUT2D eigenvalue weighted by molar-refractivity contribution is -0.175. The predicted octanol–water partition coefficient (Wildman–Crippen LogP) is 3.75. The van der Waals surface area contributed by atoms with Crippen LogP contribution in [0.5, 0.6) is 0 Å². The topological polar surface area (TPSA) is 45.3 Å². The van der Waals surface area contributed by atoms with Gasteiger partial charge in [-0.3, -0.25) is 4.79 Å². The molecule has 2 aliphatic heterocycles. The van der Waals surface area contributed by atoms with Crippen LogP contribution in [-0.4, -0.2) is 35.0 Å². The molecule has 0 saturated carbocycles. The Balaban J connectivity index is 1.80.